The SMILES string of the molecule is COc1ccc(OC)c(NC(=O)c2oc3ccccc3c2NC(=O)C=Cc2ccccc2)c1. The van der Waals surface area contributed by atoms with E-state index in [4.69, 9.17) is 13.9 Å². The van der Waals surface area contributed by atoms with E-state index in [-0.39, 0.29) is 11.4 Å². The van der Waals surface area contributed by atoms with Crippen LogP contribution in [0.2, 0.25) is 0 Å². The van der Waals surface area contributed by atoms with Gasteiger partial charge in [0.15, 0.2) is 0 Å². The summed E-state index contributed by atoms with van der Waals surface area (Å²) in [6, 6.07) is 21.6. The third-order valence-electron chi connectivity index (χ3n) is 4.93. The maximum Gasteiger partial charge on any atom is 0.293 e. The lowest BCUT2D eigenvalue weighted by Crippen LogP contribution is -2.16. The molecule has 7 heteroatoms. The third kappa shape index (κ3) is 4.88. The van der Waals surface area contributed by atoms with Crippen LogP contribution in [0.3, 0.4) is 0 Å². The molecule has 2 amide bonds. The van der Waals surface area contributed by atoms with Crippen molar-refractivity contribution in [2.45, 2.75) is 0 Å². The first-order chi connectivity index (χ1) is 16.1. The highest BCUT2D eigenvalue weighted by Gasteiger charge is 2.23. The minimum atomic E-state index is -0.542. The first-order valence-corrected chi connectivity index (χ1v) is 10.2. The predicted octanol–water partition coefficient (Wildman–Crippen LogP) is 5.35. The van der Waals surface area contributed by atoms with E-state index in [2.05, 4.69) is 10.6 Å². The fraction of sp³-hybridized carbons (Fsp3) is 0.0769. The van der Waals surface area contributed by atoms with Crippen LogP contribution in [0, 0.1) is 0 Å². The van der Waals surface area contributed by atoms with Crippen molar-refractivity contribution in [1.82, 2.24) is 0 Å². The van der Waals surface area contributed by atoms with E-state index in [0.717, 1.165) is 5.56 Å². The molecular weight excluding hydrogens is 420 g/mol. The average molecular weight is 442 g/mol. The Balaban J connectivity index is 1.64. The molecule has 33 heavy (non-hydrogen) atoms. The molecule has 0 fully saturated rings. The van der Waals surface area contributed by atoms with Crippen molar-refractivity contribution >= 4 is 40.2 Å². The van der Waals surface area contributed by atoms with E-state index in [0.29, 0.717) is 28.2 Å². The van der Waals surface area contributed by atoms with E-state index in [1.54, 1.807) is 48.5 Å². The number of furan rings is 1. The quantitative estimate of drug-likeness (QED) is 0.377. The molecule has 0 aliphatic heterocycles. The molecule has 3 aromatic carbocycles. The number of rotatable bonds is 7. The molecule has 0 saturated heterocycles. The van der Waals surface area contributed by atoms with Gasteiger partial charge in [0.2, 0.25) is 11.7 Å². The number of fused-ring (bicyclic) bond motifs is 1. The number of benzene rings is 3. The number of hydrogen-bond donors (Lipinski definition) is 2. The Hall–Kier alpha value is -4.52. The lowest BCUT2D eigenvalue weighted by atomic mass is 10.2. The van der Waals surface area contributed by atoms with Crippen LogP contribution in [0.4, 0.5) is 11.4 Å². The number of anilines is 2. The average Bonchev–Trinajstić information content (AvgIpc) is 3.21. The summed E-state index contributed by atoms with van der Waals surface area (Å²) in [4.78, 5) is 25.8. The summed E-state index contributed by atoms with van der Waals surface area (Å²) in [5.74, 6) is 0.0490. The first kappa shape index (κ1) is 21.7. The van der Waals surface area contributed by atoms with Crippen LogP contribution in [0.15, 0.2) is 83.3 Å². The molecule has 0 spiro atoms. The number of hydrogen-bond acceptors (Lipinski definition) is 5. The van der Waals surface area contributed by atoms with Gasteiger partial charge in [-0.15, -0.1) is 0 Å². The molecular formula is C26H22N2O5. The van der Waals surface area contributed by atoms with E-state index < -0.39 is 11.8 Å². The summed E-state index contributed by atoms with van der Waals surface area (Å²) < 4.78 is 16.4. The Labute approximate surface area is 190 Å². The van der Waals surface area contributed by atoms with Crippen LogP contribution in [0.25, 0.3) is 17.0 Å². The van der Waals surface area contributed by atoms with Crippen LogP contribution in [-0.2, 0) is 4.79 Å². The van der Waals surface area contributed by atoms with Gasteiger partial charge < -0.3 is 24.5 Å². The van der Waals surface area contributed by atoms with E-state index in [9.17, 15) is 9.59 Å². The van der Waals surface area contributed by atoms with Crippen LogP contribution in [0.1, 0.15) is 16.1 Å². The Morgan fingerprint density at radius 1 is 0.879 bits per heavy atom. The van der Waals surface area contributed by atoms with Crippen molar-refractivity contribution in [3.8, 4) is 11.5 Å². The fourth-order valence-corrected chi connectivity index (χ4v) is 3.32. The minimum absolute atomic E-state index is 0.0254. The largest absolute Gasteiger partial charge is 0.497 e. The fourth-order valence-electron chi connectivity index (χ4n) is 3.32. The molecule has 1 aromatic heterocycles. The topological polar surface area (TPSA) is 89.8 Å². The Kier molecular flexibility index (Phi) is 6.40. The maximum absolute atomic E-state index is 13.2. The van der Waals surface area contributed by atoms with Gasteiger partial charge in [-0.1, -0.05) is 42.5 Å². The molecule has 7 nitrogen and oxygen atoms in total. The summed E-state index contributed by atoms with van der Waals surface area (Å²) in [5, 5.41) is 6.18. The first-order valence-electron chi connectivity index (χ1n) is 10.2. The monoisotopic (exact) mass is 442 g/mol. The van der Waals surface area contributed by atoms with Crippen molar-refractivity contribution < 1.29 is 23.5 Å². The molecule has 2 N–H and O–H groups in total. The smallest absolute Gasteiger partial charge is 0.293 e. The van der Waals surface area contributed by atoms with Gasteiger partial charge >= 0.3 is 0 Å². The van der Waals surface area contributed by atoms with Gasteiger partial charge in [-0.2, -0.15) is 0 Å². The number of ether oxygens (including phenoxy) is 2. The lowest BCUT2D eigenvalue weighted by molar-refractivity contribution is -0.111. The predicted molar refractivity (Wildman–Crippen MR) is 128 cm³/mol. The van der Waals surface area contributed by atoms with Crippen molar-refractivity contribution in [2.75, 3.05) is 24.9 Å². The molecule has 1 heterocycles. The minimum Gasteiger partial charge on any atom is -0.497 e. The summed E-state index contributed by atoms with van der Waals surface area (Å²) in [6.45, 7) is 0. The van der Waals surface area contributed by atoms with Gasteiger partial charge in [0, 0.05) is 17.5 Å². The van der Waals surface area contributed by atoms with Crippen LogP contribution >= 0.6 is 0 Å². The van der Waals surface area contributed by atoms with E-state index in [1.807, 2.05) is 30.3 Å². The van der Waals surface area contributed by atoms with Gasteiger partial charge in [0.05, 0.1) is 19.9 Å². The molecule has 0 aliphatic carbocycles. The summed E-state index contributed by atoms with van der Waals surface area (Å²) in [5.41, 5.74) is 2.05. The second-order valence-electron chi connectivity index (χ2n) is 7.06. The molecule has 0 radical (unpaired) electrons. The van der Waals surface area contributed by atoms with Gasteiger partial charge in [0.1, 0.15) is 22.8 Å². The molecule has 0 atom stereocenters. The maximum atomic E-state index is 13.2. The molecule has 0 bridgehead atoms. The second-order valence-corrected chi connectivity index (χ2v) is 7.06. The summed E-state index contributed by atoms with van der Waals surface area (Å²) >= 11 is 0. The Bertz CT molecular complexity index is 1330. The highest BCUT2D eigenvalue weighted by molar-refractivity contribution is 6.16. The van der Waals surface area contributed by atoms with Crippen molar-refractivity contribution in [3.63, 3.8) is 0 Å². The normalized spacial score (nSPS) is 10.8. The molecule has 0 aliphatic rings. The number of methoxy groups -OCH3 is 2. The zero-order chi connectivity index (χ0) is 23.2. The number of para-hydroxylation sites is 1. The van der Waals surface area contributed by atoms with Gasteiger partial charge in [-0.3, -0.25) is 9.59 Å². The summed E-state index contributed by atoms with van der Waals surface area (Å²) in [6.07, 6.45) is 3.10. The molecule has 166 valence electrons. The summed E-state index contributed by atoms with van der Waals surface area (Å²) in [7, 11) is 3.03. The second kappa shape index (κ2) is 9.74. The number of nitrogens with one attached hydrogen (secondary N) is 2. The highest BCUT2D eigenvalue weighted by atomic mass is 16.5. The third-order valence-corrected chi connectivity index (χ3v) is 4.93. The zero-order valence-corrected chi connectivity index (χ0v) is 18.1. The highest BCUT2D eigenvalue weighted by Crippen LogP contribution is 2.34. The zero-order valence-electron chi connectivity index (χ0n) is 18.1. The Morgan fingerprint density at radius 3 is 2.39 bits per heavy atom. The Morgan fingerprint density at radius 2 is 1.64 bits per heavy atom. The van der Waals surface area contributed by atoms with E-state index >= 15 is 0 Å². The van der Waals surface area contributed by atoms with E-state index in [1.165, 1.54) is 20.3 Å². The van der Waals surface area contributed by atoms with Crippen LogP contribution < -0.4 is 20.1 Å². The number of carbonyl (C=O) groups is 2. The molecule has 0 unspecified atom stereocenters. The molecule has 4 aromatic rings. The van der Waals surface area contributed by atoms with Gasteiger partial charge in [-0.05, 0) is 35.9 Å². The van der Waals surface area contributed by atoms with Crippen LogP contribution in [-0.4, -0.2) is 26.0 Å². The van der Waals surface area contributed by atoms with Crippen molar-refractivity contribution in [2.24, 2.45) is 0 Å². The van der Waals surface area contributed by atoms with Crippen LogP contribution in [0.5, 0.6) is 11.5 Å². The number of carbonyl (C=O) groups excluding carboxylic acids is 2. The standard InChI is InChI=1S/C26H22N2O5/c1-31-18-13-14-22(32-2)20(16-18)27-26(30)25-24(19-10-6-7-11-21(19)33-25)28-23(29)15-12-17-8-4-3-5-9-17/h3-16H,1-2H3,(H,27,30)(H,28,29). The molecule has 4 rings (SSSR count). The molecule has 0 saturated carbocycles. The van der Waals surface area contributed by atoms with Gasteiger partial charge in [0.25, 0.3) is 5.91 Å². The van der Waals surface area contributed by atoms with Gasteiger partial charge in [-0.25, -0.2) is 0 Å². The number of amides is 2. The lowest BCUT2D eigenvalue weighted by Gasteiger charge is -2.11. The van der Waals surface area contributed by atoms with Crippen molar-refractivity contribution in [1.29, 1.82) is 0 Å². The van der Waals surface area contributed by atoms with Crippen molar-refractivity contribution in [3.05, 3.63) is 90.2 Å².